The van der Waals surface area contributed by atoms with Crippen molar-refractivity contribution in [3.05, 3.63) is 27.7 Å². The van der Waals surface area contributed by atoms with Crippen molar-refractivity contribution in [3.63, 3.8) is 0 Å². The predicted octanol–water partition coefficient (Wildman–Crippen LogP) is 7.74. The molecule has 1 unspecified atom stereocenters. The van der Waals surface area contributed by atoms with Gasteiger partial charge in [0.1, 0.15) is 11.4 Å². The highest BCUT2D eigenvalue weighted by Crippen LogP contribution is 2.65. The summed E-state index contributed by atoms with van der Waals surface area (Å²) in [6.07, 6.45) is 13.3. The van der Waals surface area contributed by atoms with Crippen molar-refractivity contribution in [2.75, 3.05) is 0 Å². The Bertz CT molecular complexity index is 910. The Morgan fingerprint density at radius 2 is 1.74 bits per heavy atom. The van der Waals surface area contributed by atoms with Crippen molar-refractivity contribution in [3.8, 4) is 18.1 Å². The zero-order chi connectivity index (χ0) is 22.8. The Morgan fingerprint density at radius 3 is 2.35 bits per heavy atom. The maximum atomic E-state index is 6.82. The van der Waals surface area contributed by atoms with E-state index in [1.807, 2.05) is 0 Å². The summed E-state index contributed by atoms with van der Waals surface area (Å²) in [7, 11) is -3.37. The second-order valence-electron chi connectivity index (χ2n) is 12.3. The molecular formula is C26H39BrO2Si2. The van der Waals surface area contributed by atoms with E-state index in [1.54, 1.807) is 5.56 Å². The van der Waals surface area contributed by atoms with Crippen molar-refractivity contribution in [2.24, 2.45) is 17.3 Å². The quantitative estimate of drug-likeness (QED) is 0.299. The van der Waals surface area contributed by atoms with Gasteiger partial charge in [0.2, 0.25) is 8.32 Å². The van der Waals surface area contributed by atoms with Gasteiger partial charge in [0.25, 0.3) is 0 Å². The minimum absolute atomic E-state index is 0.0961. The number of rotatable bonds is 4. The van der Waals surface area contributed by atoms with Crippen LogP contribution in [0.4, 0.5) is 0 Å². The van der Waals surface area contributed by atoms with E-state index in [0.29, 0.717) is 17.8 Å². The van der Waals surface area contributed by atoms with Crippen molar-refractivity contribution in [1.29, 1.82) is 0 Å². The molecule has 0 radical (unpaired) electrons. The molecule has 170 valence electrons. The number of hydrogen-bond donors (Lipinski definition) is 0. The normalized spacial score (nSPS) is 35.0. The van der Waals surface area contributed by atoms with E-state index >= 15 is 0 Å². The molecule has 3 aliphatic rings. The number of benzene rings is 1. The van der Waals surface area contributed by atoms with Gasteiger partial charge in [0, 0.05) is 5.41 Å². The molecule has 0 aliphatic heterocycles. The van der Waals surface area contributed by atoms with E-state index in [2.05, 4.69) is 80.2 Å². The van der Waals surface area contributed by atoms with Crippen LogP contribution in [0.1, 0.15) is 56.1 Å². The molecule has 1 aromatic rings. The van der Waals surface area contributed by atoms with E-state index in [-0.39, 0.29) is 11.0 Å². The largest absolute Gasteiger partial charge is 0.544 e. The predicted molar refractivity (Wildman–Crippen MR) is 139 cm³/mol. The Labute approximate surface area is 200 Å². The summed E-state index contributed by atoms with van der Waals surface area (Å²) in [5.74, 6) is 6.26. The molecule has 0 bridgehead atoms. The molecule has 0 N–H and O–H groups in total. The van der Waals surface area contributed by atoms with E-state index in [9.17, 15) is 0 Å². The summed E-state index contributed by atoms with van der Waals surface area (Å²) in [6, 6.07) is 4.71. The Morgan fingerprint density at radius 1 is 1.03 bits per heavy atom. The molecule has 3 aliphatic carbocycles. The highest BCUT2D eigenvalue weighted by Gasteiger charge is 2.63. The zero-order valence-electron chi connectivity index (χ0n) is 20.4. The Hall–Kier alpha value is -0.546. The van der Waals surface area contributed by atoms with Gasteiger partial charge in [-0.3, -0.25) is 0 Å². The van der Waals surface area contributed by atoms with Gasteiger partial charge in [-0.2, -0.15) is 0 Å². The van der Waals surface area contributed by atoms with Gasteiger partial charge in [0.15, 0.2) is 8.32 Å². The second kappa shape index (κ2) is 7.75. The lowest BCUT2D eigenvalue weighted by molar-refractivity contribution is -0.0537. The molecule has 0 amide bonds. The molecule has 0 heterocycles. The monoisotopic (exact) mass is 518 g/mol. The molecule has 0 saturated heterocycles. The SMILES string of the molecule is C#CC1(O[Si](C)(C)C)CC[C@H]2[C@@H]3CCc4cc(O[Si](C)(C)C)c(Br)cc4[C@H]3CC[C@@]21C. The van der Waals surface area contributed by atoms with Gasteiger partial charge in [0.05, 0.1) is 4.47 Å². The molecule has 5 atom stereocenters. The van der Waals surface area contributed by atoms with Gasteiger partial charge in [-0.05, 0) is 135 Å². The number of fused-ring (bicyclic) bond motifs is 5. The van der Waals surface area contributed by atoms with Crippen LogP contribution in [0, 0.1) is 29.6 Å². The summed E-state index contributed by atoms with van der Waals surface area (Å²) in [4.78, 5) is 0. The highest BCUT2D eigenvalue weighted by molar-refractivity contribution is 9.10. The van der Waals surface area contributed by atoms with Gasteiger partial charge in [-0.25, -0.2) is 0 Å². The third kappa shape index (κ3) is 4.11. The van der Waals surface area contributed by atoms with Crippen LogP contribution in [0.25, 0.3) is 0 Å². The van der Waals surface area contributed by atoms with Crippen LogP contribution in [-0.4, -0.2) is 22.2 Å². The zero-order valence-corrected chi connectivity index (χ0v) is 24.0. The average Bonchev–Trinajstić information content (AvgIpc) is 2.92. The van der Waals surface area contributed by atoms with Crippen LogP contribution in [0.3, 0.4) is 0 Å². The van der Waals surface area contributed by atoms with Crippen molar-refractivity contribution >= 4 is 32.6 Å². The Kier molecular flexibility index (Phi) is 5.91. The Balaban J connectivity index is 1.65. The fraction of sp³-hybridized carbons (Fsp3) is 0.692. The number of aryl methyl sites for hydroxylation is 1. The van der Waals surface area contributed by atoms with E-state index < -0.39 is 16.6 Å². The maximum absolute atomic E-state index is 6.82. The van der Waals surface area contributed by atoms with Crippen molar-refractivity contribution in [2.45, 2.75) is 96.2 Å². The van der Waals surface area contributed by atoms with E-state index in [1.165, 1.54) is 24.8 Å². The first-order valence-corrected chi connectivity index (χ1v) is 19.6. The van der Waals surface area contributed by atoms with Crippen LogP contribution in [0.15, 0.2) is 16.6 Å². The summed E-state index contributed by atoms with van der Waals surface area (Å²) in [5, 5.41) is 0. The lowest BCUT2D eigenvalue weighted by atomic mass is 9.53. The van der Waals surface area contributed by atoms with E-state index in [0.717, 1.165) is 29.5 Å². The van der Waals surface area contributed by atoms with Crippen LogP contribution in [0.2, 0.25) is 39.3 Å². The first kappa shape index (κ1) is 23.6. The number of hydrogen-bond acceptors (Lipinski definition) is 2. The molecule has 2 saturated carbocycles. The molecule has 0 spiro atoms. The van der Waals surface area contributed by atoms with Gasteiger partial charge < -0.3 is 8.85 Å². The van der Waals surface area contributed by atoms with Crippen LogP contribution in [-0.2, 0) is 10.8 Å². The summed E-state index contributed by atoms with van der Waals surface area (Å²) in [5.41, 5.74) is 2.78. The molecule has 1 aromatic carbocycles. The lowest BCUT2D eigenvalue weighted by Gasteiger charge is -2.54. The molecule has 0 aromatic heterocycles. The number of halogens is 1. The molecule has 4 rings (SSSR count). The molecule has 2 nitrogen and oxygen atoms in total. The topological polar surface area (TPSA) is 18.5 Å². The lowest BCUT2D eigenvalue weighted by Crippen LogP contribution is -2.54. The standard InChI is InChI=1S/C26H39BrO2Si2/c1-9-26(29-31(6,7)8)15-13-22-20-11-10-18-16-24(28-30(3,4)5)23(27)17-21(18)19(20)12-14-25(22,26)2/h1,16-17,19-20,22H,10-15H2,2-8H3/t19-,20+,22-,25-,26?/m0/s1. The van der Waals surface area contributed by atoms with Crippen molar-refractivity contribution in [1.82, 2.24) is 0 Å². The van der Waals surface area contributed by atoms with Gasteiger partial charge in [-0.1, -0.05) is 12.8 Å². The average molecular weight is 520 g/mol. The maximum Gasteiger partial charge on any atom is 0.242 e. The molecule has 31 heavy (non-hydrogen) atoms. The van der Waals surface area contributed by atoms with Crippen LogP contribution < -0.4 is 4.43 Å². The fourth-order valence-electron chi connectivity index (χ4n) is 6.93. The first-order chi connectivity index (χ1) is 14.3. The highest BCUT2D eigenvalue weighted by atomic mass is 79.9. The third-order valence-corrected chi connectivity index (χ3v) is 10.4. The fourth-order valence-corrected chi connectivity index (χ4v) is 9.79. The first-order valence-electron chi connectivity index (χ1n) is 12.0. The van der Waals surface area contributed by atoms with Crippen molar-refractivity contribution < 1.29 is 8.85 Å². The van der Waals surface area contributed by atoms with Crippen LogP contribution in [0.5, 0.6) is 5.75 Å². The minimum atomic E-state index is -1.73. The van der Waals surface area contributed by atoms with Gasteiger partial charge in [-0.15, -0.1) is 6.42 Å². The second-order valence-corrected chi connectivity index (χ2v) is 22.0. The molecular weight excluding hydrogens is 480 g/mol. The third-order valence-electron chi connectivity index (χ3n) is 8.03. The van der Waals surface area contributed by atoms with E-state index in [4.69, 9.17) is 15.3 Å². The van der Waals surface area contributed by atoms with Crippen LogP contribution >= 0.6 is 15.9 Å². The summed E-state index contributed by atoms with van der Waals surface area (Å²) < 4.78 is 14.3. The molecule has 5 heteroatoms. The minimum Gasteiger partial charge on any atom is -0.544 e. The number of terminal acetylenes is 1. The smallest absolute Gasteiger partial charge is 0.242 e. The molecule has 2 fully saturated rings. The summed E-state index contributed by atoms with van der Waals surface area (Å²) >= 11 is 3.83. The summed E-state index contributed by atoms with van der Waals surface area (Å²) in [6.45, 7) is 16.0. The van der Waals surface area contributed by atoms with Gasteiger partial charge >= 0.3 is 0 Å².